The smallest absolute Gasteiger partial charge is 0.237 e. The van der Waals surface area contributed by atoms with Crippen molar-refractivity contribution in [1.29, 1.82) is 0 Å². The SMILES string of the molecule is c1ccc(-c2nc(-n3c4ncccc4c4c5ccccc5c5c6ccccc6oc5c43)nc3ccccc23)cc1. The molecule has 5 aromatic carbocycles. The van der Waals surface area contributed by atoms with Crippen molar-refractivity contribution < 1.29 is 4.42 Å². The summed E-state index contributed by atoms with van der Waals surface area (Å²) in [5, 5.41) is 7.61. The first-order valence-corrected chi connectivity index (χ1v) is 13.3. The van der Waals surface area contributed by atoms with Crippen LogP contribution in [0.5, 0.6) is 0 Å². The molecule has 0 saturated heterocycles. The van der Waals surface area contributed by atoms with Gasteiger partial charge in [0.1, 0.15) is 16.7 Å². The number of aromatic nitrogens is 4. The van der Waals surface area contributed by atoms with Crippen LogP contribution in [0.15, 0.2) is 126 Å². The van der Waals surface area contributed by atoms with Gasteiger partial charge in [-0.05, 0) is 35.0 Å². The number of rotatable bonds is 2. The first-order valence-electron chi connectivity index (χ1n) is 13.3. The highest BCUT2D eigenvalue weighted by Crippen LogP contribution is 2.45. The van der Waals surface area contributed by atoms with Crippen LogP contribution < -0.4 is 0 Å². The highest BCUT2D eigenvalue weighted by atomic mass is 16.3. The van der Waals surface area contributed by atoms with E-state index in [2.05, 4.69) is 65.2 Å². The second-order valence-corrected chi connectivity index (χ2v) is 10.0. The summed E-state index contributed by atoms with van der Waals surface area (Å²) in [5.74, 6) is 0.563. The van der Waals surface area contributed by atoms with Gasteiger partial charge in [-0.15, -0.1) is 0 Å². The van der Waals surface area contributed by atoms with Crippen molar-refractivity contribution in [2.45, 2.75) is 0 Å². The van der Waals surface area contributed by atoms with E-state index in [1.54, 1.807) is 0 Å². The zero-order valence-corrected chi connectivity index (χ0v) is 21.2. The molecule has 4 aromatic heterocycles. The van der Waals surface area contributed by atoms with Gasteiger partial charge in [0.05, 0.1) is 11.2 Å². The molecule has 0 spiro atoms. The summed E-state index contributed by atoms with van der Waals surface area (Å²) in [5.41, 5.74) is 6.18. The van der Waals surface area contributed by atoms with Crippen LogP contribution in [-0.2, 0) is 0 Å². The molecule has 186 valence electrons. The Kier molecular flexibility index (Phi) is 4.27. The molecule has 0 bridgehead atoms. The third kappa shape index (κ3) is 2.83. The van der Waals surface area contributed by atoms with Gasteiger partial charge in [-0.25, -0.2) is 15.0 Å². The van der Waals surface area contributed by atoms with Crippen molar-refractivity contribution in [3.05, 3.63) is 121 Å². The van der Waals surface area contributed by atoms with E-state index in [-0.39, 0.29) is 0 Å². The van der Waals surface area contributed by atoms with Gasteiger partial charge >= 0.3 is 0 Å². The molecular weight excluding hydrogens is 492 g/mol. The van der Waals surface area contributed by atoms with E-state index in [9.17, 15) is 0 Å². The molecule has 0 N–H and O–H groups in total. The number of furan rings is 1. The Labute approximate surface area is 228 Å². The molecule has 40 heavy (non-hydrogen) atoms. The van der Waals surface area contributed by atoms with Crippen molar-refractivity contribution in [1.82, 2.24) is 19.5 Å². The Bertz CT molecular complexity index is 2440. The molecule has 0 atom stereocenters. The van der Waals surface area contributed by atoms with Crippen molar-refractivity contribution >= 4 is 65.6 Å². The fourth-order valence-electron chi connectivity index (χ4n) is 6.18. The average Bonchev–Trinajstić information content (AvgIpc) is 3.58. The molecule has 0 aliphatic heterocycles. The van der Waals surface area contributed by atoms with Crippen LogP contribution in [0.3, 0.4) is 0 Å². The van der Waals surface area contributed by atoms with E-state index in [1.807, 2.05) is 60.8 Å². The lowest BCUT2D eigenvalue weighted by atomic mass is 9.99. The van der Waals surface area contributed by atoms with Crippen LogP contribution in [-0.4, -0.2) is 19.5 Å². The summed E-state index contributed by atoms with van der Waals surface area (Å²) in [7, 11) is 0. The minimum Gasteiger partial charge on any atom is -0.454 e. The van der Waals surface area contributed by atoms with Gasteiger partial charge in [0, 0.05) is 38.7 Å². The Hall–Kier alpha value is -5.55. The summed E-state index contributed by atoms with van der Waals surface area (Å²) in [6.07, 6.45) is 1.83. The zero-order chi connectivity index (χ0) is 26.2. The van der Waals surface area contributed by atoms with Gasteiger partial charge in [-0.1, -0.05) is 91.0 Å². The molecule has 0 radical (unpaired) electrons. The molecule has 0 amide bonds. The van der Waals surface area contributed by atoms with Crippen LogP contribution in [0.2, 0.25) is 0 Å². The molecule has 9 aromatic rings. The molecule has 0 fully saturated rings. The lowest BCUT2D eigenvalue weighted by Gasteiger charge is -2.11. The van der Waals surface area contributed by atoms with E-state index in [0.717, 1.165) is 76.8 Å². The first kappa shape index (κ1) is 21.4. The van der Waals surface area contributed by atoms with Crippen LogP contribution in [0.4, 0.5) is 0 Å². The largest absolute Gasteiger partial charge is 0.454 e. The normalized spacial score (nSPS) is 12.0. The molecule has 0 unspecified atom stereocenters. The van der Waals surface area contributed by atoms with E-state index in [4.69, 9.17) is 19.4 Å². The predicted octanol–water partition coefficient (Wildman–Crippen LogP) is 8.84. The summed E-state index contributed by atoms with van der Waals surface area (Å²) in [6.45, 7) is 0. The number of para-hydroxylation sites is 2. The maximum Gasteiger partial charge on any atom is 0.237 e. The molecule has 0 aliphatic rings. The standard InChI is InChI=1S/C35H20N4O/c1-2-11-21(12-3-1)31-24-15-6-8-18-27(24)37-35(38-31)39-32-29(26-17-10-20-36-34(26)39)22-13-4-5-14-23(22)30-25-16-7-9-19-28(25)40-33(30)32/h1-20H. The van der Waals surface area contributed by atoms with E-state index >= 15 is 0 Å². The van der Waals surface area contributed by atoms with Gasteiger partial charge < -0.3 is 4.42 Å². The number of benzene rings is 5. The Morgan fingerprint density at radius 3 is 2.08 bits per heavy atom. The molecule has 4 heterocycles. The minimum atomic E-state index is 0.563. The van der Waals surface area contributed by atoms with E-state index in [1.165, 1.54) is 0 Å². The maximum absolute atomic E-state index is 6.66. The molecule has 0 aliphatic carbocycles. The van der Waals surface area contributed by atoms with E-state index < -0.39 is 0 Å². The van der Waals surface area contributed by atoms with Gasteiger partial charge in [0.2, 0.25) is 5.95 Å². The highest BCUT2D eigenvalue weighted by Gasteiger charge is 2.25. The summed E-state index contributed by atoms with van der Waals surface area (Å²) in [6, 6.07) is 39.3. The van der Waals surface area contributed by atoms with Gasteiger partial charge in [0.15, 0.2) is 5.58 Å². The molecule has 0 saturated carbocycles. The van der Waals surface area contributed by atoms with E-state index in [0.29, 0.717) is 5.95 Å². The fourth-order valence-corrected chi connectivity index (χ4v) is 6.18. The van der Waals surface area contributed by atoms with Crippen LogP contribution in [0.1, 0.15) is 0 Å². The number of pyridine rings is 1. The third-order valence-electron chi connectivity index (χ3n) is 7.84. The summed E-state index contributed by atoms with van der Waals surface area (Å²) in [4.78, 5) is 15.2. The zero-order valence-electron chi connectivity index (χ0n) is 21.2. The van der Waals surface area contributed by atoms with Gasteiger partial charge in [-0.3, -0.25) is 4.57 Å². The Morgan fingerprint density at radius 1 is 0.550 bits per heavy atom. The number of fused-ring (bicyclic) bond motifs is 11. The lowest BCUT2D eigenvalue weighted by Crippen LogP contribution is -2.04. The average molecular weight is 513 g/mol. The number of nitrogens with zero attached hydrogens (tertiary/aromatic N) is 4. The number of hydrogen-bond acceptors (Lipinski definition) is 4. The molecule has 5 nitrogen and oxygen atoms in total. The van der Waals surface area contributed by atoms with Crippen LogP contribution in [0, 0.1) is 0 Å². The fraction of sp³-hybridized carbons (Fsp3) is 0. The number of hydrogen-bond donors (Lipinski definition) is 0. The van der Waals surface area contributed by atoms with Gasteiger partial charge in [0.25, 0.3) is 0 Å². The monoisotopic (exact) mass is 512 g/mol. The minimum absolute atomic E-state index is 0.563. The van der Waals surface area contributed by atoms with Crippen molar-refractivity contribution in [2.24, 2.45) is 0 Å². The molecular formula is C35H20N4O. The maximum atomic E-state index is 6.66. The Balaban J connectivity index is 1.54. The third-order valence-corrected chi connectivity index (χ3v) is 7.84. The molecule has 5 heteroatoms. The highest BCUT2D eigenvalue weighted by molar-refractivity contribution is 6.34. The summed E-state index contributed by atoms with van der Waals surface area (Å²) < 4.78 is 8.75. The Morgan fingerprint density at radius 2 is 1.23 bits per heavy atom. The second-order valence-electron chi connectivity index (χ2n) is 10.0. The topological polar surface area (TPSA) is 56.7 Å². The van der Waals surface area contributed by atoms with Gasteiger partial charge in [-0.2, -0.15) is 0 Å². The first-order chi connectivity index (χ1) is 19.9. The molecule has 9 rings (SSSR count). The van der Waals surface area contributed by atoms with Crippen molar-refractivity contribution in [2.75, 3.05) is 0 Å². The quantitative estimate of drug-likeness (QED) is 0.232. The summed E-state index contributed by atoms with van der Waals surface area (Å²) >= 11 is 0. The lowest BCUT2D eigenvalue weighted by molar-refractivity contribution is 0.671. The van der Waals surface area contributed by atoms with Crippen LogP contribution >= 0.6 is 0 Å². The van der Waals surface area contributed by atoms with Crippen molar-refractivity contribution in [3.8, 4) is 17.2 Å². The second kappa shape index (κ2) is 7.98. The van der Waals surface area contributed by atoms with Crippen molar-refractivity contribution in [3.63, 3.8) is 0 Å². The van der Waals surface area contributed by atoms with Crippen LogP contribution in [0.25, 0.3) is 82.8 Å². The predicted molar refractivity (Wildman–Crippen MR) is 162 cm³/mol.